The highest BCUT2D eigenvalue weighted by Crippen LogP contribution is 2.30. The predicted octanol–water partition coefficient (Wildman–Crippen LogP) is 3.19. The summed E-state index contributed by atoms with van der Waals surface area (Å²) in [5, 5.41) is 24.7. The van der Waals surface area contributed by atoms with Gasteiger partial charge in [-0.1, -0.05) is 23.7 Å². The van der Waals surface area contributed by atoms with Gasteiger partial charge >= 0.3 is 0 Å². The van der Waals surface area contributed by atoms with E-state index in [1.807, 2.05) is 19.9 Å². The average Bonchev–Trinajstić information content (AvgIpc) is 2.74. The summed E-state index contributed by atoms with van der Waals surface area (Å²) in [7, 11) is 0. The molecule has 0 aliphatic heterocycles. The minimum Gasteiger partial charge on any atom is -0.385 e. The molecule has 1 unspecified atom stereocenters. The van der Waals surface area contributed by atoms with Crippen LogP contribution >= 0.6 is 11.6 Å². The van der Waals surface area contributed by atoms with Crippen LogP contribution in [0.25, 0.3) is 0 Å². The van der Waals surface area contributed by atoms with Crippen molar-refractivity contribution in [2.75, 3.05) is 0 Å². The molecule has 5 heteroatoms. The highest BCUT2D eigenvalue weighted by atomic mass is 35.5. The maximum atomic E-state index is 10.8. The molecule has 21 heavy (non-hydrogen) atoms. The van der Waals surface area contributed by atoms with E-state index in [0.717, 1.165) is 11.4 Å². The second kappa shape index (κ2) is 5.88. The molecule has 0 radical (unpaired) electrons. The van der Waals surface area contributed by atoms with Crippen molar-refractivity contribution in [3.63, 3.8) is 0 Å². The molecular weight excluding hydrogens is 286 g/mol. The molecule has 1 atom stereocenters. The molecule has 2 rings (SSSR count). The Balaban J connectivity index is 2.39. The molecule has 0 aliphatic rings. The molecule has 1 heterocycles. The molecule has 2 aromatic rings. The highest BCUT2D eigenvalue weighted by molar-refractivity contribution is 6.31. The van der Waals surface area contributed by atoms with E-state index in [4.69, 9.17) is 16.9 Å². The number of hydrogen-bond donors (Lipinski definition) is 1. The third-order valence-electron chi connectivity index (χ3n) is 3.58. The Bertz CT molecular complexity index is 698. The number of aromatic nitrogens is 2. The van der Waals surface area contributed by atoms with E-state index in [0.29, 0.717) is 29.1 Å². The smallest absolute Gasteiger partial charge is 0.0991 e. The second-order valence-electron chi connectivity index (χ2n) is 5.31. The van der Waals surface area contributed by atoms with Crippen LogP contribution in [0.1, 0.15) is 36.4 Å². The first kappa shape index (κ1) is 15.6. The SMILES string of the molecule is CCn1nc(C)c(Cl)c1CC(C)(O)c1cccc(C#N)c1. The van der Waals surface area contributed by atoms with E-state index in [9.17, 15) is 5.11 Å². The van der Waals surface area contributed by atoms with Crippen molar-refractivity contribution in [1.82, 2.24) is 9.78 Å². The number of rotatable bonds is 4. The van der Waals surface area contributed by atoms with Gasteiger partial charge in [0, 0.05) is 13.0 Å². The molecule has 0 fully saturated rings. The van der Waals surface area contributed by atoms with Crippen LogP contribution in [-0.4, -0.2) is 14.9 Å². The molecule has 0 saturated heterocycles. The normalized spacial score (nSPS) is 13.7. The lowest BCUT2D eigenvalue weighted by molar-refractivity contribution is 0.0554. The van der Waals surface area contributed by atoms with Crippen molar-refractivity contribution in [3.05, 3.63) is 51.8 Å². The van der Waals surface area contributed by atoms with Gasteiger partial charge in [-0.15, -0.1) is 0 Å². The topological polar surface area (TPSA) is 61.8 Å². The summed E-state index contributed by atoms with van der Waals surface area (Å²) in [4.78, 5) is 0. The van der Waals surface area contributed by atoms with Crippen molar-refractivity contribution in [2.45, 2.75) is 39.3 Å². The summed E-state index contributed by atoms with van der Waals surface area (Å²) in [6.07, 6.45) is 0.343. The number of nitriles is 1. The Labute approximate surface area is 129 Å². The van der Waals surface area contributed by atoms with Gasteiger partial charge in [0.2, 0.25) is 0 Å². The highest BCUT2D eigenvalue weighted by Gasteiger charge is 2.28. The Hall–Kier alpha value is -1.83. The Kier molecular flexibility index (Phi) is 4.36. The van der Waals surface area contributed by atoms with Crippen LogP contribution in [0.5, 0.6) is 0 Å². The minimum atomic E-state index is -1.12. The summed E-state index contributed by atoms with van der Waals surface area (Å²) in [6.45, 7) is 6.25. The first-order valence-corrected chi connectivity index (χ1v) is 7.21. The Morgan fingerprint density at radius 2 is 2.19 bits per heavy atom. The Morgan fingerprint density at radius 3 is 2.81 bits per heavy atom. The number of nitrogens with zero attached hydrogens (tertiary/aromatic N) is 3. The summed E-state index contributed by atoms with van der Waals surface area (Å²) in [5.41, 5.74) is 1.67. The third kappa shape index (κ3) is 3.10. The second-order valence-corrected chi connectivity index (χ2v) is 5.68. The largest absolute Gasteiger partial charge is 0.385 e. The van der Waals surface area contributed by atoms with Gasteiger partial charge in [0.15, 0.2) is 0 Å². The van der Waals surface area contributed by atoms with E-state index < -0.39 is 5.60 Å². The molecule has 0 saturated carbocycles. The number of halogens is 1. The van der Waals surface area contributed by atoms with E-state index in [1.54, 1.807) is 29.8 Å². The van der Waals surface area contributed by atoms with Crippen LogP contribution in [0.15, 0.2) is 24.3 Å². The van der Waals surface area contributed by atoms with Crippen LogP contribution in [0.3, 0.4) is 0 Å². The fraction of sp³-hybridized carbons (Fsp3) is 0.375. The lowest BCUT2D eigenvalue weighted by Crippen LogP contribution is -2.26. The van der Waals surface area contributed by atoms with Gasteiger partial charge in [0.05, 0.1) is 33.6 Å². The van der Waals surface area contributed by atoms with Gasteiger partial charge in [-0.05, 0) is 38.5 Å². The number of benzene rings is 1. The summed E-state index contributed by atoms with van der Waals surface area (Å²) in [6, 6.07) is 9.09. The molecule has 1 N–H and O–H groups in total. The molecule has 0 amide bonds. The number of aliphatic hydroxyl groups is 1. The molecule has 110 valence electrons. The predicted molar refractivity (Wildman–Crippen MR) is 82.1 cm³/mol. The number of aryl methyl sites for hydroxylation is 2. The molecule has 1 aromatic carbocycles. The lowest BCUT2D eigenvalue weighted by atomic mass is 9.90. The monoisotopic (exact) mass is 303 g/mol. The average molecular weight is 304 g/mol. The van der Waals surface area contributed by atoms with Gasteiger partial charge in [-0.3, -0.25) is 4.68 Å². The molecule has 4 nitrogen and oxygen atoms in total. The zero-order valence-electron chi connectivity index (χ0n) is 12.4. The van der Waals surface area contributed by atoms with E-state index in [2.05, 4.69) is 11.2 Å². The maximum Gasteiger partial charge on any atom is 0.0991 e. The van der Waals surface area contributed by atoms with Gasteiger partial charge in [-0.2, -0.15) is 10.4 Å². The van der Waals surface area contributed by atoms with E-state index in [-0.39, 0.29) is 0 Å². The van der Waals surface area contributed by atoms with Crippen LogP contribution in [0.4, 0.5) is 0 Å². The first-order chi connectivity index (χ1) is 9.89. The number of hydrogen-bond acceptors (Lipinski definition) is 3. The van der Waals surface area contributed by atoms with Gasteiger partial charge in [-0.25, -0.2) is 0 Å². The van der Waals surface area contributed by atoms with Crippen molar-refractivity contribution >= 4 is 11.6 Å². The quantitative estimate of drug-likeness (QED) is 0.943. The van der Waals surface area contributed by atoms with Crippen molar-refractivity contribution in [2.24, 2.45) is 0 Å². The zero-order chi connectivity index (χ0) is 15.6. The zero-order valence-corrected chi connectivity index (χ0v) is 13.1. The van der Waals surface area contributed by atoms with Crippen molar-refractivity contribution < 1.29 is 5.11 Å². The fourth-order valence-corrected chi connectivity index (χ4v) is 2.59. The standard InChI is InChI=1S/C16H18ClN3O/c1-4-20-14(15(17)11(2)19-20)9-16(3,21)13-7-5-6-12(8-13)10-18/h5-8,21H,4,9H2,1-3H3. The van der Waals surface area contributed by atoms with Crippen LogP contribution in [0, 0.1) is 18.3 Å². The van der Waals surface area contributed by atoms with Crippen LogP contribution in [-0.2, 0) is 18.6 Å². The maximum absolute atomic E-state index is 10.8. The van der Waals surface area contributed by atoms with Crippen molar-refractivity contribution in [3.8, 4) is 6.07 Å². The molecular formula is C16H18ClN3O. The van der Waals surface area contributed by atoms with Crippen LogP contribution in [0.2, 0.25) is 5.02 Å². The summed E-state index contributed by atoms with van der Waals surface area (Å²) in [5.74, 6) is 0. The van der Waals surface area contributed by atoms with Gasteiger partial charge < -0.3 is 5.11 Å². The Morgan fingerprint density at radius 1 is 1.48 bits per heavy atom. The van der Waals surface area contributed by atoms with Gasteiger partial charge in [0.1, 0.15) is 0 Å². The minimum absolute atomic E-state index is 0.343. The molecule has 0 bridgehead atoms. The van der Waals surface area contributed by atoms with Crippen LogP contribution < -0.4 is 0 Å². The van der Waals surface area contributed by atoms with Crippen molar-refractivity contribution in [1.29, 1.82) is 5.26 Å². The fourth-order valence-electron chi connectivity index (χ4n) is 2.39. The molecule has 0 aliphatic carbocycles. The first-order valence-electron chi connectivity index (χ1n) is 6.84. The lowest BCUT2D eigenvalue weighted by Gasteiger charge is -2.24. The summed E-state index contributed by atoms with van der Waals surface area (Å²) < 4.78 is 1.81. The van der Waals surface area contributed by atoms with E-state index in [1.165, 1.54) is 0 Å². The third-order valence-corrected chi connectivity index (χ3v) is 4.07. The molecule has 1 aromatic heterocycles. The summed E-state index contributed by atoms with van der Waals surface area (Å²) >= 11 is 6.30. The van der Waals surface area contributed by atoms with Gasteiger partial charge in [0.25, 0.3) is 0 Å². The van der Waals surface area contributed by atoms with E-state index >= 15 is 0 Å². The molecule has 0 spiro atoms.